The molecule has 0 heterocycles. The van der Waals surface area contributed by atoms with Crippen LogP contribution in [-0.4, -0.2) is 39.0 Å². The summed E-state index contributed by atoms with van der Waals surface area (Å²) < 4.78 is 0. The molecular formula is C15H24ClN3O2. The fourth-order valence-corrected chi connectivity index (χ4v) is 1.87. The average Bonchev–Trinajstić information content (AvgIpc) is 2.47. The van der Waals surface area contributed by atoms with Crippen LogP contribution in [0, 0.1) is 0 Å². The maximum Gasteiger partial charge on any atom is 0.251 e. The van der Waals surface area contributed by atoms with Crippen LogP contribution in [0.15, 0.2) is 24.3 Å². The quantitative estimate of drug-likeness (QED) is 0.630. The van der Waals surface area contributed by atoms with Crippen molar-refractivity contribution in [3.63, 3.8) is 0 Å². The fraction of sp³-hybridized carbons (Fsp3) is 0.467. The Morgan fingerprint density at radius 2 is 1.90 bits per heavy atom. The van der Waals surface area contributed by atoms with Crippen LogP contribution in [0.2, 0.25) is 0 Å². The topological polar surface area (TPSA) is 70.2 Å². The molecule has 0 aliphatic heterocycles. The second kappa shape index (κ2) is 11.1. The second-order valence-corrected chi connectivity index (χ2v) is 4.59. The summed E-state index contributed by atoms with van der Waals surface area (Å²) in [7, 11) is 3.48. The van der Waals surface area contributed by atoms with Crippen LogP contribution >= 0.6 is 12.4 Å². The Hall–Kier alpha value is -1.59. The zero-order valence-corrected chi connectivity index (χ0v) is 13.4. The van der Waals surface area contributed by atoms with Crippen LogP contribution in [-0.2, 0) is 11.2 Å². The molecule has 0 bridgehead atoms. The van der Waals surface area contributed by atoms with Gasteiger partial charge in [-0.25, -0.2) is 0 Å². The Bertz CT molecular complexity index is 452. The van der Waals surface area contributed by atoms with E-state index in [0.29, 0.717) is 18.5 Å². The van der Waals surface area contributed by atoms with Crippen LogP contribution in [0.3, 0.4) is 0 Å². The average molecular weight is 314 g/mol. The largest absolute Gasteiger partial charge is 0.356 e. The van der Waals surface area contributed by atoms with Gasteiger partial charge < -0.3 is 16.0 Å². The molecule has 0 atom stereocenters. The van der Waals surface area contributed by atoms with Crippen molar-refractivity contribution in [2.45, 2.75) is 19.3 Å². The molecule has 2 amide bonds. The Labute approximate surface area is 132 Å². The van der Waals surface area contributed by atoms with Gasteiger partial charge in [0.05, 0.1) is 0 Å². The summed E-state index contributed by atoms with van der Waals surface area (Å²) in [6, 6.07) is 7.44. The first-order chi connectivity index (χ1) is 9.67. The van der Waals surface area contributed by atoms with E-state index in [-0.39, 0.29) is 24.2 Å². The molecule has 0 saturated heterocycles. The first kappa shape index (κ1) is 19.4. The fourth-order valence-electron chi connectivity index (χ4n) is 1.87. The first-order valence-corrected chi connectivity index (χ1v) is 6.89. The van der Waals surface area contributed by atoms with Crippen molar-refractivity contribution in [3.8, 4) is 0 Å². The molecule has 118 valence electrons. The molecule has 1 aromatic rings. The summed E-state index contributed by atoms with van der Waals surface area (Å²) in [5.41, 5.74) is 1.69. The molecule has 0 aliphatic carbocycles. The van der Waals surface area contributed by atoms with E-state index in [4.69, 9.17) is 0 Å². The van der Waals surface area contributed by atoms with Crippen LogP contribution in [0.25, 0.3) is 0 Å². The molecule has 21 heavy (non-hydrogen) atoms. The zero-order chi connectivity index (χ0) is 14.8. The number of hydrogen-bond donors (Lipinski definition) is 3. The van der Waals surface area contributed by atoms with E-state index in [1.165, 1.54) is 0 Å². The minimum absolute atomic E-state index is 0. The van der Waals surface area contributed by atoms with Crippen molar-refractivity contribution in [2.24, 2.45) is 0 Å². The predicted octanol–water partition coefficient (Wildman–Crippen LogP) is 1.13. The van der Waals surface area contributed by atoms with E-state index in [9.17, 15) is 9.59 Å². The molecule has 1 rings (SSSR count). The molecule has 0 radical (unpaired) electrons. The van der Waals surface area contributed by atoms with Crippen LogP contribution < -0.4 is 16.0 Å². The van der Waals surface area contributed by atoms with E-state index >= 15 is 0 Å². The Kier molecular flexibility index (Phi) is 10.3. The lowest BCUT2D eigenvalue weighted by molar-refractivity contribution is -0.121. The highest BCUT2D eigenvalue weighted by Crippen LogP contribution is 2.05. The van der Waals surface area contributed by atoms with Crippen molar-refractivity contribution in [2.75, 3.05) is 27.2 Å². The molecular weight excluding hydrogens is 290 g/mol. The number of halogens is 1. The lowest BCUT2D eigenvalue weighted by Gasteiger charge is -2.07. The van der Waals surface area contributed by atoms with Crippen LogP contribution in [0.1, 0.15) is 28.8 Å². The highest BCUT2D eigenvalue weighted by molar-refractivity contribution is 5.94. The number of nitrogens with one attached hydrogen (secondary N) is 3. The summed E-state index contributed by atoms with van der Waals surface area (Å²) in [6.45, 7) is 1.44. The SMILES string of the molecule is CNCCCC(=O)NCCc1cccc(C(=O)NC)c1.Cl. The minimum atomic E-state index is -0.0945. The van der Waals surface area contributed by atoms with Gasteiger partial charge in [0, 0.05) is 25.6 Å². The number of rotatable bonds is 8. The van der Waals surface area contributed by atoms with E-state index < -0.39 is 0 Å². The summed E-state index contributed by atoms with van der Waals surface area (Å²) in [4.78, 5) is 23.0. The van der Waals surface area contributed by atoms with Crippen LogP contribution in [0.5, 0.6) is 0 Å². The van der Waals surface area contributed by atoms with E-state index in [2.05, 4.69) is 16.0 Å². The molecule has 6 heteroatoms. The Balaban J connectivity index is 0.00000400. The lowest BCUT2D eigenvalue weighted by Crippen LogP contribution is -2.26. The van der Waals surface area contributed by atoms with Crippen molar-refractivity contribution < 1.29 is 9.59 Å². The molecule has 0 aliphatic rings. The third kappa shape index (κ3) is 7.68. The number of carbonyl (C=O) groups excluding carboxylic acids is 2. The van der Waals surface area contributed by atoms with Gasteiger partial charge in [-0.1, -0.05) is 12.1 Å². The summed E-state index contributed by atoms with van der Waals surface area (Å²) in [6.07, 6.45) is 2.11. The molecule has 0 aromatic heterocycles. The summed E-state index contributed by atoms with van der Waals surface area (Å²) >= 11 is 0. The minimum Gasteiger partial charge on any atom is -0.356 e. The molecule has 0 spiro atoms. The highest BCUT2D eigenvalue weighted by atomic mass is 35.5. The van der Waals surface area contributed by atoms with Gasteiger partial charge >= 0.3 is 0 Å². The Morgan fingerprint density at radius 1 is 1.14 bits per heavy atom. The smallest absolute Gasteiger partial charge is 0.251 e. The highest BCUT2D eigenvalue weighted by Gasteiger charge is 2.04. The molecule has 0 unspecified atom stereocenters. The zero-order valence-electron chi connectivity index (χ0n) is 12.6. The summed E-state index contributed by atoms with van der Waals surface area (Å²) in [5.74, 6) is -0.0225. The van der Waals surface area contributed by atoms with E-state index in [1.54, 1.807) is 13.1 Å². The van der Waals surface area contributed by atoms with Crippen molar-refractivity contribution in [1.29, 1.82) is 0 Å². The van der Waals surface area contributed by atoms with E-state index in [1.807, 2.05) is 25.2 Å². The first-order valence-electron chi connectivity index (χ1n) is 6.89. The summed E-state index contributed by atoms with van der Waals surface area (Å²) in [5, 5.41) is 8.49. The second-order valence-electron chi connectivity index (χ2n) is 4.59. The van der Waals surface area contributed by atoms with Crippen molar-refractivity contribution in [3.05, 3.63) is 35.4 Å². The third-order valence-corrected chi connectivity index (χ3v) is 2.98. The van der Waals surface area contributed by atoms with Gasteiger partial charge in [0.15, 0.2) is 0 Å². The van der Waals surface area contributed by atoms with Crippen molar-refractivity contribution >= 4 is 24.2 Å². The van der Waals surface area contributed by atoms with Gasteiger partial charge in [-0.15, -0.1) is 12.4 Å². The molecule has 1 aromatic carbocycles. The molecule has 0 saturated carbocycles. The lowest BCUT2D eigenvalue weighted by atomic mass is 10.1. The monoisotopic (exact) mass is 313 g/mol. The molecule has 3 N–H and O–H groups in total. The van der Waals surface area contributed by atoms with Gasteiger partial charge in [0.25, 0.3) is 5.91 Å². The normalized spacial score (nSPS) is 9.62. The van der Waals surface area contributed by atoms with Gasteiger partial charge in [0.1, 0.15) is 0 Å². The van der Waals surface area contributed by atoms with Crippen molar-refractivity contribution in [1.82, 2.24) is 16.0 Å². The van der Waals surface area contributed by atoms with Gasteiger partial charge in [-0.05, 0) is 44.1 Å². The number of benzene rings is 1. The van der Waals surface area contributed by atoms with Crippen LogP contribution in [0.4, 0.5) is 0 Å². The predicted molar refractivity (Wildman–Crippen MR) is 87.0 cm³/mol. The molecule has 0 fully saturated rings. The molecule has 5 nitrogen and oxygen atoms in total. The van der Waals surface area contributed by atoms with Gasteiger partial charge in [-0.2, -0.15) is 0 Å². The maximum absolute atomic E-state index is 11.5. The maximum atomic E-state index is 11.5. The third-order valence-electron chi connectivity index (χ3n) is 2.98. The number of amides is 2. The Morgan fingerprint density at radius 3 is 2.57 bits per heavy atom. The number of hydrogen-bond acceptors (Lipinski definition) is 3. The van der Waals surface area contributed by atoms with Gasteiger partial charge in [-0.3, -0.25) is 9.59 Å². The van der Waals surface area contributed by atoms with Gasteiger partial charge in [0.2, 0.25) is 5.91 Å². The van der Waals surface area contributed by atoms with E-state index in [0.717, 1.165) is 24.9 Å². The standard InChI is InChI=1S/C15H23N3O2.ClH/c1-16-9-4-7-14(19)18-10-8-12-5-3-6-13(11-12)15(20)17-2;/h3,5-6,11,16H,4,7-10H2,1-2H3,(H,17,20)(H,18,19);1H. The number of carbonyl (C=O) groups is 2.